The van der Waals surface area contributed by atoms with E-state index in [1.165, 1.54) is 58.8 Å². The quantitative estimate of drug-likeness (QED) is 0.302. The van der Waals surface area contributed by atoms with E-state index in [4.69, 9.17) is 18.9 Å². The van der Waals surface area contributed by atoms with Crippen LogP contribution < -0.4 is 18.9 Å². The Balaban J connectivity index is 2.39. The van der Waals surface area contributed by atoms with E-state index < -0.39 is 4.92 Å². The van der Waals surface area contributed by atoms with Crippen LogP contribution in [0.2, 0.25) is 0 Å². The molecule has 0 spiro atoms. The Morgan fingerprint density at radius 2 is 1.44 bits per heavy atom. The zero-order valence-corrected chi connectivity index (χ0v) is 15.3. The summed E-state index contributed by atoms with van der Waals surface area (Å²) in [6.45, 7) is 0. The lowest BCUT2D eigenvalue weighted by Crippen LogP contribution is -1.99. The fraction of sp³-hybridized carbons (Fsp3) is 0.211. The van der Waals surface area contributed by atoms with Gasteiger partial charge in [-0.15, -0.1) is 0 Å². The minimum Gasteiger partial charge on any atom is -0.493 e. The van der Waals surface area contributed by atoms with Crippen LogP contribution in [0, 0.1) is 10.1 Å². The number of methoxy groups -OCH3 is 4. The summed E-state index contributed by atoms with van der Waals surface area (Å²) in [6, 6.07) is 7.42. The molecule has 0 aliphatic carbocycles. The van der Waals surface area contributed by atoms with Gasteiger partial charge in [0.05, 0.1) is 45.0 Å². The summed E-state index contributed by atoms with van der Waals surface area (Å²) in [5.41, 5.74) is 0.363. The summed E-state index contributed by atoms with van der Waals surface area (Å²) < 4.78 is 20.5. The number of hydrogen-bond donors (Lipinski definition) is 0. The standard InChI is InChI=1S/C19H19NO7/c1-24-16-8-6-13(10-17(16)25-2)15(21)7-5-12-9-18(26-3)19(27-4)11-14(12)20(22)23/h5-11H,1-4H3/b7-5-. The number of ketones is 1. The number of nitro groups is 1. The number of nitro benzene ring substituents is 1. The highest BCUT2D eigenvalue weighted by Gasteiger charge is 2.18. The van der Waals surface area contributed by atoms with Crippen LogP contribution in [0.15, 0.2) is 36.4 Å². The first-order valence-electron chi connectivity index (χ1n) is 7.80. The third kappa shape index (κ3) is 4.35. The van der Waals surface area contributed by atoms with E-state index in [0.717, 1.165) is 0 Å². The van der Waals surface area contributed by atoms with Crippen molar-refractivity contribution >= 4 is 17.5 Å². The number of benzene rings is 2. The average molecular weight is 373 g/mol. The molecule has 27 heavy (non-hydrogen) atoms. The average Bonchev–Trinajstić information content (AvgIpc) is 2.70. The third-order valence-corrected chi connectivity index (χ3v) is 3.81. The maximum atomic E-state index is 12.4. The van der Waals surface area contributed by atoms with Crippen LogP contribution in [0.25, 0.3) is 6.08 Å². The minimum atomic E-state index is -0.553. The highest BCUT2D eigenvalue weighted by Crippen LogP contribution is 2.35. The molecule has 0 amide bonds. The molecule has 0 unspecified atom stereocenters. The number of allylic oxidation sites excluding steroid dienone is 1. The van der Waals surface area contributed by atoms with Crippen molar-refractivity contribution in [3.05, 3.63) is 57.6 Å². The Kier molecular flexibility index (Phi) is 6.37. The van der Waals surface area contributed by atoms with Crippen LogP contribution >= 0.6 is 0 Å². The van der Waals surface area contributed by atoms with E-state index in [9.17, 15) is 14.9 Å². The molecule has 2 rings (SSSR count). The number of rotatable bonds is 8. The van der Waals surface area contributed by atoms with E-state index >= 15 is 0 Å². The topological polar surface area (TPSA) is 97.1 Å². The van der Waals surface area contributed by atoms with Crippen LogP contribution in [0.3, 0.4) is 0 Å². The summed E-state index contributed by atoms with van der Waals surface area (Å²) in [4.78, 5) is 23.2. The number of ether oxygens (including phenoxy) is 4. The van der Waals surface area contributed by atoms with Gasteiger partial charge >= 0.3 is 0 Å². The highest BCUT2D eigenvalue weighted by molar-refractivity contribution is 6.07. The Morgan fingerprint density at radius 3 is 2.00 bits per heavy atom. The van der Waals surface area contributed by atoms with E-state index in [1.807, 2.05) is 0 Å². The van der Waals surface area contributed by atoms with Crippen molar-refractivity contribution in [3.63, 3.8) is 0 Å². The van der Waals surface area contributed by atoms with E-state index in [0.29, 0.717) is 22.8 Å². The lowest BCUT2D eigenvalue weighted by Gasteiger charge is -2.09. The molecule has 8 heteroatoms. The zero-order valence-electron chi connectivity index (χ0n) is 15.3. The molecule has 0 fully saturated rings. The van der Waals surface area contributed by atoms with Crippen LogP contribution in [-0.4, -0.2) is 39.1 Å². The molecule has 0 heterocycles. The maximum absolute atomic E-state index is 12.4. The highest BCUT2D eigenvalue weighted by atomic mass is 16.6. The van der Waals surface area contributed by atoms with Crippen molar-refractivity contribution in [2.24, 2.45) is 0 Å². The molecule has 0 radical (unpaired) electrons. The molecule has 2 aromatic rings. The predicted molar refractivity (Wildman–Crippen MR) is 99.1 cm³/mol. The van der Waals surface area contributed by atoms with Gasteiger partial charge in [0, 0.05) is 5.56 Å². The van der Waals surface area contributed by atoms with Crippen molar-refractivity contribution in [1.29, 1.82) is 0 Å². The number of nitrogens with zero attached hydrogens (tertiary/aromatic N) is 1. The van der Waals surface area contributed by atoms with Crippen LogP contribution in [-0.2, 0) is 0 Å². The Morgan fingerprint density at radius 1 is 0.889 bits per heavy atom. The number of carbonyl (C=O) groups is 1. The summed E-state index contributed by atoms with van der Waals surface area (Å²) in [7, 11) is 5.77. The molecular weight excluding hydrogens is 354 g/mol. The van der Waals surface area contributed by atoms with Gasteiger partial charge < -0.3 is 18.9 Å². The second-order valence-corrected chi connectivity index (χ2v) is 5.29. The van der Waals surface area contributed by atoms with Gasteiger partial charge in [0.2, 0.25) is 0 Å². The van der Waals surface area contributed by atoms with Gasteiger partial charge in [0.25, 0.3) is 5.69 Å². The van der Waals surface area contributed by atoms with Gasteiger partial charge in [-0.1, -0.05) is 0 Å². The van der Waals surface area contributed by atoms with Gasteiger partial charge in [-0.05, 0) is 36.4 Å². The molecule has 0 aromatic heterocycles. The first kappa shape index (κ1) is 19.8. The Labute approximate surface area is 156 Å². The van der Waals surface area contributed by atoms with E-state index in [1.54, 1.807) is 12.1 Å². The summed E-state index contributed by atoms with van der Waals surface area (Å²) in [6.07, 6.45) is 2.61. The van der Waals surface area contributed by atoms with E-state index in [2.05, 4.69) is 0 Å². The summed E-state index contributed by atoms with van der Waals surface area (Å²) in [5.74, 6) is 1.11. The molecule has 142 valence electrons. The van der Waals surface area contributed by atoms with Gasteiger partial charge in [-0.2, -0.15) is 0 Å². The minimum absolute atomic E-state index is 0.205. The second-order valence-electron chi connectivity index (χ2n) is 5.29. The number of carbonyl (C=O) groups excluding carboxylic acids is 1. The van der Waals surface area contributed by atoms with Gasteiger partial charge in [-0.25, -0.2) is 0 Å². The van der Waals surface area contributed by atoms with Gasteiger partial charge in [-0.3, -0.25) is 14.9 Å². The third-order valence-electron chi connectivity index (χ3n) is 3.81. The molecule has 8 nitrogen and oxygen atoms in total. The second kappa shape index (κ2) is 8.70. The first-order valence-corrected chi connectivity index (χ1v) is 7.80. The van der Waals surface area contributed by atoms with Gasteiger partial charge in [0.1, 0.15) is 0 Å². The molecule has 0 saturated heterocycles. The summed E-state index contributed by atoms with van der Waals surface area (Å²) >= 11 is 0. The molecule has 0 N–H and O–H groups in total. The van der Waals surface area contributed by atoms with Crippen LogP contribution in [0.5, 0.6) is 23.0 Å². The fourth-order valence-corrected chi connectivity index (χ4v) is 2.43. The normalized spacial score (nSPS) is 10.5. The number of hydrogen-bond acceptors (Lipinski definition) is 7. The lowest BCUT2D eigenvalue weighted by atomic mass is 10.1. The molecule has 0 aliphatic heterocycles. The Bertz CT molecular complexity index is 890. The zero-order chi connectivity index (χ0) is 20.0. The molecule has 0 aliphatic rings. The first-order chi connectivity index (χ1) is 12.9. The monoisotopic (exact) mass is 373 g/mol. The van der Waals surface area contributed by atoms with Crippen molar-refractivity contribution in [2.75, 3.05) is 28.4 Å². The Hall–Kier alpha value is -3.55. The van der Waals surface area contributed by atoms with Gasteiger partial charge in [0.15, 0.2) is 28.8 Å². The smallest absolute Gasteiger partial charge is 0.280 e. The largest absolute Gasteiger partial charge is 0.493 e. The molecule has 0 saturated carbocycles. The summed E-state index contributed by atoms with van der Waals surface area (Å²) in [5, 5.41) is 11.3. The SMILES string of the molecule is COc1ccc(C(=O)/C=C\c2cc(OC)c(OC)cc2[N+](=O)[O-])cc1OC. The molecular formula is C19H19NO7. The lowest BCUT2D eigenvalue weighted by molar-refractivity contribution is -0.385. The van der Waals surface area contributed by atoms with Crippen LogP contribution in [0.4, 0.5) is 5.69 Å². The molecule has 2 aromatic carbocycles. The van der Waals surface area contributed by atoms with Crippen LogP contribution in [0.1, 0.15) is 15.9 Å². The van der Waals surface area contributed by atoms with E-state index in [-0.39, 0.29) is 22.8 Å². The predicted octanol–water partition coefficient (Wildman–Crippen LogP) is 3.53. The van der Waals surface area contributed by atoms with Crippen molar-refractivity contribution in [2.45, 2.75) is 0 Å². The fourth-order valence-electron chi connectivity index (χ4n) is 2.43. The van der Waals surface area contributed by atoms with Crippen molar-refractivity contribution in [3.8, 4) is 23.0 Å². The maximum Gasteiger partial charge on any atom is 0.280 e. The van der Waals surface area contributed by atoms with Crippen molar-refractivity contribution < 1.29 is 28.7 Å². The van der Waals surface area contributed by atoms with Crippen molar-refractivity contribution in [1.82, 2.24) is 0 Å². The molecule has 0 atom stereocenters. The molecule has 0 bridgehead atoms.